The van der Waals surface area contributed by atoms with Crippen molar-refractivity contribution in [1.29, 1.82) is 0 Å². The fraction of sp³-hybridized carbons (Fsp3) is 0.464. The summed E-state index contributed by atoms with van der Waals surface area (Å²) in [4.78, 5) is 46.3. The Morgan fingerprint density at radius 2 is 1.90 bits per heavy atom. The van der Waals surface area contributed by atoms with Crippen LogP contribution in [0.2, 0.25) is 5.02 Å². The van der Waals surface area contributed by atoms with Gasteiger partial charge in [-0.1, -0.05) is 29.8 Å². The van der Waals surface area contributed by atoms with Crippen molar-refractivity contribution in [2.45, 2.75) is 63.0 Å². The smallest absolute Gasteiger partial charge is 0.374 e. The summed E-state index contributed by atoms with van der Waals surface area (Å²) >= 11 is 5.94. The molecular formula is C28H32ClF3N6O4. The lowest BCUT2D eigenvalue weighted by molar-refractivity contribution is -0.163. The van der Waals surface area contributed by atoms with Crippen LogP contribution < -0.4 is 11.1 Å². The third-order valence-corrected chi connectivity index (χ3v) is 7.54. The van der Waals surface area contributed by atoms with Gasteiger partial charge in [0.25, 0.3) is 5.91 Å². The molecule has 2 aliphatic heterocycles. The number of benzene rings is 1. The zero-order valence-electron chi connectivity index (χ0n) is 23.3. The lowest BCUT2D eigenvalue weighted by atomic mass is 9.69. The van der Waals surface area contributed by atoms with Gasteiger partial charge in [0.05, 0.1) is 36.2 Å². The number of hydrogen-bond donors (Lipinski definition) is 2. The maximum Gasteiger partial charge on any atom is 0.408 e. The molecule has 2 aliphatic rings. The monoisotopic (exact) mass is 608 g/mol. The van der Waals surface area contributed by atoms with Gasteiger partial charge in [-0.25, -0.2) is 5.01 Å². The molecule has 0 spiro atoms. The fourth-order valence-corrected chi connectivity index (χ4v) is 5.28. The van der Waals surface area contributed by atoms with Gasteiger partial charge in [0.1, 0.15) is 12.6 Å². The van der Waals surface area contributed by atoms with E-state index in [4.69, 9.17) is 22.1 Å². The summed E-state index contributed by atoms with van der Waals surface area (Å²) < 4.78 is 45.9. The number of nitrogens with one attached hydrogen (secondary N) is 1. The number of ether oxygens (including phenoxy) is 1. The van der Waals surface area contributed by atoms with Gasteiger partial charge in [0.15, 0.2) is 5.41 Å². The summed E-state index contributed by atoms with van der Waals surface area (Å²) in [6.45, 7) is 2.86. The Bertz CT molecular complexity index is 1350. The number of carbonyl (C=O) groups excluding carboxylic acids is 3. The van der Waals surface area contributed by atoms with Crippen molar-refractivity contribution in [2.24, 2.45) is 10.8 Å². The van der Waals surface area contributed by atoms with Gasteiger partial charge in [-0.2, -0.15) is 18.3 Å². The molecular weight excluding hydrogens is 577 g/mol. The van der Waals surface area contributed by atoms with Gasteiger partial charge in [-0.3, -0.25) is 19.4 Å². The van der Waals surface area contributed by atoms with Crippen molar-refractivity contribution in [3.63, 3.8) is 0 Å². The lowest BCUT2D eigenvalue weighted by Gasteiger charge is -2.46. The number of likely N-dealkylation sites (tertiary alicyclic amines) is 1. The highest BCUT2D eigenvalue weighted by Crippen LogP contribution is 2.43. The highest BCUT2D eigenvalue weighted by molar-refractivity contribution is 6.30. The first kappa shape index (κ1) is 31.4. The maximum atomic E-state index is 14.0. The van der Waals surface area contributed by atoms with Crippen LogP contribution in [0, 0.1) is 0 Å². The van der Waals surface area contributed by atoms with Crippen LogP contribution in [0.15, 0.2) is 53.8 Å². The third kappa shape index (κ3) is 6.42. The summed E-state index contributed by atoms with van der Waals surface area (Å²) in [6.07, 6.45) is -3.25. The predicted molar refractivity (Wildman–Crippen MR) is 148 cm³/mol. The van der Waals surface area contributed by atoms with Crippen molar-refractivity contribution in [2.75, 3.05) is 19.7 Å². The van der Waals surface area contributed by atoms with Crippen LogP contribution in [0.4, 0.5) is 13.2 Å². The molecule has 1 saturated heterocycles. The molecule has 42 heavy (non-hydrogen) atoms. The molecule has 10 nitrogen and oxygen atoms in total. The van der Waals surface area contributed by atoms with Crippen molar-refractivity contribution < 1.29 is 32.3 Å². The van der Waals surface area contributed by atoms with E-state index in [1.165, 1.54) is 31.0 Å². The van der Waals surface area contributed by atoms with Crippen LogP contribution in [0.3, 0.4) is 0 Å². The summed E-state index contributed by atoms with van der Waals surface area (Å²) in [6, 6.07) is 9.42. The number of carbonyl (C=O) groups is 3. The first-order valence-electron chi connectivity index (χ1n) is 13.2. The number of nitrogens with zero attached hydrogens (tertiary/aromatic N) is 4. The Hall–Kier alpha value is -3.55. The molecule has 3 atom stereocenters. The second kappa shape index (κ2) is 12.0. The van der Waals surface area contributed by atoms with Crippen molar-refractivity contribution in [3.8, 4) is 0 Å². The highest BCUT2D eigenvalue weighted by Gasteiger charge is 2.62. The van der Waals surface area contributed by atoms with Gasteiger partial charge in [-0.05, 0) is 50.6 Å². The standard InChI is InChI=1S/C28H32ClF3N6O4/c1-17-28(21-6-4-5-12-34-21)22(36-38(25(28)41)16-27(30,31)32)11-13-37(17)23(39)20(35-24(40)26(2,3)33)15-42-14-18-7-9-19(29)10-8-18/h4-10,12,17,20H,11,13-16,33H2,1-3H3,(H,35,40)/t17-,20-,28+/m1/s1. The molecule has 1 fully saturated rings. The number of hydrogen-bond acceptors (Lipinski definition) is 7. The number of piperidine rings is 1. The molecule has 0 radical (unpaired) electrons. The fourth-order valence-electron chi connectivity index (χ4n) is 5.16. The SMILES string of the molecule is C[C@H]1N(C(=O)[C@@H](COCc2ccc(Cl)cc2)NC(=O)C(C)(C)N)CCC2=NN(CC(F)(F)F)C(=O)[C@@]21c1ccccn1. The molecule has 3 amide bonds. The average Bonchev–Trinajstić information content (AvgIpc) is 3.20. The van der Waals surface area contributed by atoms with E-state index in [9.17, 15) is 27.6 Å². The predicted octanol–water partition coefficient (Wildman–Crippen LogP) is 2.79. The molecule has 0 bridgehead atoms. The Labute approximate surface area is 246 Å². The largest absolute Gasteiger partial charge is 0.408 e. The zero-order valence-corrected chi connectivity index (χ0v) is 24.1. The zero-order chi connectivity index (χ0) is 30.9. The van der Waals surface area contributed by atoms with Crippen LogP contribution in [-0.4, -0.2) is 81.8 Å². The van der Waals surface area contributed by atoms with Crippen LogP contribution in [0.25, 0.3) is 0 Å². The molecule has 0 unspecified atom stereocenters. The van der Waals surface area contributed by atoms with E-state index in [-0.39, 0.29) is 37.6 Å². The highest BCUT2D eigenvalue weighted by atomic mass is 35.5. The van der Waals surface area contributed by atoms with E-state index < -0.39 is 53.5 Å². The molecule has 3 heterocycles. The van der Waals surface area contributed by atoms with Crippen molar-refractivity contribution >= 4 is 35.0 Å². The summed E-state index contributed by atoms with van der Waals surface area (Å²) in [7, 11) is 0. The van der Waals surface area contributed by atoms with E-state index in [1.54, 1.807) is 43.3 Å². The minimum absolute atomic E-state index is 0.0153. The molecule has 1 aromatic carbocycles. The first-order chi connectivity index (χ1) is 19.6. The Morgan fingerprint density at radius 1 is 1.21 bits per heavy atom. The van der Waals surface area contributed by atoms with E-state index in [0.717, 1.165) is 5.56 Å². The number of alkyl halides is 3. The number of aromatic nitrogens is 1. The Balaban J connectivity index is 1.64. The molecule has 2 aromatic rings. The van der Waals surface area contributed by atoms with E-state index >= 15 is 0 Å². The molecule has 14 heteroatoms. The number of fused-ring (bicyclic) bond motifs is 1. The van der Waals surface area contributed by atoms with E-state index in [1.807, 2.05) is 0 Å². The summed E-state index contributed by atoms with van der Waals surface area (Å²) in [5.74, 6) is -2.13. The van der Waals surface area contributed by atoms with Crippen molar-refractivity contribution in [3.05, 3.63) is 64.9 Å². The maximum absolute atomic E-state index is 14.0. The second-order valence-corrected chi connectivity index (χ2v) is 11.3. The van der Waals surface area contributed by atoms with Gasteiger partial charge in [0.2, 0.25) is 11.8 Å². The van der Waals surface area contributed by atoms with Crippen LogP contribution in [0.1, 0.15) is 38.4 Å². The first-order valence-corrected chi connectivity index (χ1v) is 13.6. The topological polar surface area (TPSA) is 130 Å². The lowest BCUT2D eigenvalue weighted by Crippen LogP contribution is -2.66. The Morgan fingerprint density at radius 3 is 2.50 bits per heavy atom. The van der Waals surface area contributed by atoms with E-state index in [2.05, 4.69) is 15.4 Å². The van der Waals surface area contributed by atoms with Crippen molar-refractivity contribution in [1.82, 2.24) is 20.2 Å². The normalized spacial score (nSPS) is 21.6. The number of nitrogens with two attached hydrogens (primary N) is 1. The molecule has 0 saturated carbocycles. The number of hydrazone groups is 1. The average molecular weight is 609 g/mol. The Kier molecular flexibility index (Phi) is 8.95. The summed E-state index contributed by atoms with van der Waals surface area (Å²) in [5.41, 5.74) is 4.03. The van der Waals surface area contributed by atoms with Crippen LogP contribution in [0.5, 0.6) is 0 Å². The van der Waals surface area contributed by atoms with Crippen LogP contribution >= 0.6 is 11.6 Å². The second-order valence-electron chi connectivity index (χ2n) is 10.9. The molecule has 0 aliphatic carbocycles. The number of halogens is 4. The van der Waals surface area contributed by atoms with Crippen LogP contribution in [-0.2, 0) is 31.1 Å². The number of amides is 3. The molecule has 1 aromatic heterocycles. The van der Waals surface area contributed by atoms with Gasteiger partial charge >= 0.3 is 6.18 Å². The minimum Gasteiger partial charge on any atom is -0.374 e. The number of pyridine rings is 1. The molecule has 3 N–H and O–H groups in total. The van der Waals surface area contributed by atoms with Gasteiger partial charge < -0.3 is 20.7 Å². The third-order valence-electron chi connectivity index (χ3n) is 7.29. The molecule has 226 valence electrons. The van der Waals surface area contributed by atoms with Gasteiger partial charge in [0, 0.05) is 24.2 Å². The van der Waals surface area contributed by atoms with Gasteiger partial charge in [-0.15, -0.1) is 0 Å². The number of rotatable bonds is 9. The summed E-state index contributed by atoms with van der Waals surface area (Å²) in [5, 5.41) is 7.66. The quantitative estimate of drug-likeness (QED) is 0.450. The minimum atomic E-state index is -4.69. The van der Waals surface area contributed by atoms with E-state index in [0.29, 0.717) is 10.0 Å². The molecule has 4 rings (SSSR count).